The summed E-state index contributed by atoms with van der Waals surface area (Å²) in [6.07, 6.45) is 1.82. The first-order valence-electron chi connectivity index (χ1n) is 5.55. The van der Waals surface area contributed by atoms with Gasteiger partial charge in [0.05, 0.1) is 26.1 Å². The smallest absolute Gasteiger partial charge is 0.214 e. The van der Waals surface area contributed by atoms with Crippen LogP contribution in [0.4, 0.5) is 5.13 Å². The van der Waals surface area contributed by atoms with Gasteiger partial charge in [0.15, 0.2) is 0 Å². The lowest BCUT2D eigenvalue weighted by molar-refractivity contribution is 0.404. The fourth-order valence-electron chi connectivity index (χ4n) is 1.86. The number of fused-ring (bicyclic) bond motifs is 1. The third kappa shape index (κ3) is 1.97. The van der Waals surface area contributed by atoms with Gasteiger partial charge in [-0.2, -0.15) is 0 Å². The largest absolute Gasteiger partial charge is 0.497 e. The van der Waals surface area contributed by atoms with Crippen LogP contribution in [-0.4, -0.2) is 28.8 Å². The first kappa shape index (κ1) is 11.8. The fourth-order valence-corrected chi connectivity index (χ4v) is 2.51. The molecule has 2 heterocycles. The molecule has 2 aromatic heterocycles. The number of hydrogen-bond acceptors (Lipinski definition) is 6. The zero-order valence-electron chi connectivity index (χ0n) is 10.5. The van der Waals surface area contributed by atoms with Crippen LogP contribution in [0.5, 0.6) is 11.5 Å². The summed E-state index contributed by atoms with van der Waals surface area (Å²) >= 11 is 1.34. The SMILES string of the molecule is COc1ccc(OC)c(-c2cn3nc(N)sc3n2)c1. The van der Waals surface area contributed by atoms with E-state index in [4.69, 9.17) is 15.2 Å². The fraction of sp³-hybridized carbons (Fsp3) is 0.167. The summed E-state index contributed by atoms with van der Waals surface area (Å²) in [7, 11) is 3.25. The van der Waals surface area contributed by atoms with Crippen LogP contribution in [0.2, 0.25) is 0 Å². The van der Waals surface area contributed by atoms with Gasteiger partial charge in [-0.15, -0.1) is 5.10 Å². The molecular formula is C12H12N4O2S. The molecule has 98 valence electrons. The molecule has 19 heavy (non-hydrogen) atoms. The third-order valence-electron chi connectivity index (χ3n) is 2.74. The number of hydrogen-bond donors (Lipinski definition) is 1. The van der Waals surface area contributed by atoms with E-state index >= 15 is 0 Å². The van der Waals surface area contributed by atoms with E-state index in [-0.39, 0.29) is 0 Å². The Kier molecular flexibility index (Phi) is 2.75. The van der Waals surface area contributed by atoms with Crippen molar-refractivity contribution in [3.8, 4) is 22.8 Å². The van der Waals surface area contributed by atoms with Crippen molar-refractivity contribution in [2.45, 2.75) is 0 Å². The highest BCUT2D eigenvalue weighted by atomic mass is 32.1. The Morgan fingerprint density at radius 2 is 2.11 bits per heavy atom. The highest BCUT2D eigenvalue weighted by Crippen LogP contribution is 2.33. The van der Waals surface area contributed by atoms with Crippen molar-refractivity contribution in [3.63, 3.8) is 0 Å². The number of ether oxygens (including phenoxy) is 2. The lowest BCUT2D eigenvalue weighted by Gasteiger charge is -2.08. The molecule has 3 rings (SSSR count). The number of nitrogens with two attached hydrogens (primary N) is 1. The Hall–Kier alpha value is -2.28. The Morgan fingerprint density at radius 3 is 2.79 bits per heavy atom. The molecule has 2 N–H and O–H groups in total. The normalized spacial score (nSPS) is 10.8. The van der Waals surface area contributed by atoms with Crippen LogP contribution in [-0.2, 0) is 0 Å². The average molecular weight is 276 g/mol. The van der Waals surface area contributed by atoms with Crippen molar-refractivity contribution in [2.75, 3.05) is 20.0 Å². The van der Waals surface area contributed by atoms with Crippen LogP contribution in [0.1, 0.15) is 0 Å². The monoisotopic (exact) mass is 276 g/mol. The maximum atomic E-state index is 5.63. The highest BCUT2D eigenvalue weighted by Gasteiger charge is 2.13. The van der Waals surface area contributed by atoms with Crippen molar-refractivity contribution in [2.24, 2.45) is 0 Å². The summed E-state index contributed by atoms with van der Waals surface area (Å²) in [5.74, 6) is 1.49. The van der Waals surface area contributed by atoms with Crippen LogP contribution >= 0.6 is 11.3 Å². The van der Waals surface area contributed by atoms with Gasteiger partial charge in [0.2, 0.25) is 10.1 Å². The quantitative estimate of drug-likeness (QED) is 0.792. The molecule has 3 aromatic rings. The van der Waals surface area contributed by atoms with Crippen molar-refractivity contribution in [3.05, 3.63) is 24.4 Å². The molecule has 0 fully saturated rings. The van der Waals surface area contributed by atoms with E-state index in [1.807, 2.05) is 24.4 Å². The lowest BCUT2D eigenvalue weighted by atomic mass is 10.1. The Balaban J connectivity index is 2.15. The van der Waals surface area contributed by atoms with Crippen molar-refractivity contribution >= 4 is 21.4 Å². The van der Waals surface area contributed by atoms with E-state index < -0.39 is 0 Å². The minimum atomic E-state index is 0.492. The van der Waals surface area contributed by atoms with Crippen LogP contribution < -0.4 is 15.2 Å². The molecule has 7 heteroatoms. The van der Waals surface area contributed by atoms with E-state index in [1.54, 1.807) is 18.7 Å². The third-order valence-corrected chi connectivity index (χ3v) is 3.49. The van der Waals surface area contributed by atoms with E-state index in [9.17, 15) is 0 Å². The minimum Gasteiger partial charge on any atom is -0.497 e. The topological polar surface area (TPSA) is 74.7 Å². The molecule has 0 saturated carbocycles. The van der Waals surface area contributed by atoms with Crippen LogP contribution in [0, 0.1) is 0 Å². The van der Waals surface area contributed by atoms with E-state index in [0.717, 1.165) is 27.7 Å². The van der Waals surface area contributed by atoms with Gasteiger partial charge in [-0.25, -0.2) is 9.50 Å². The predicted octanol–water partition coefficient (Wildman–Crippen LogP) is 2.06. The first-order chi connectivity index (χ1) is 9.21. The summed E-state index contributed by atoms with van der Waals surface area (Å²) < 4.78 is 12.2. The van der Waals surface area contributed by atoms with Gasteiger partial charge in [-0.05, 0) is 18.2 Å². The lowest BCUT2D eigenvalue weighted by Crippen LogP contribution is -1.90. The number of nitrogens with zero attached hydrogens (tertiary/aromatic N) is 3. The van der Waals surface area contributed by atoms with Crippen molar-refractivity contribution < 1.29 is 9.47 Å². The van der Waals surface area contributed by atoms with Gasteiger partial charge in [-0.1, -0.05) is 11.3 Å². The summed E-state index contributed by atoms with van der Waals surface area (Å²) in [5.41, 5.74) is 7.26. The van der Waals surface area contributed by atoms with E-state index in [2.05, 4.69) is 10.1 Å². The van der Waals surface area contributed by atoms with Crippen LogP contribution in [0.25, 0.3) is 16.2 Å². The molecule has 0 aliphatic carbocycles. The summed E-state index contributed by atoms with van der Waals surface area (Å²) in [6.45, 7) is 0. The molecule has 6 nitrogen and oxygen atoms in total. The molecule has 0 spiro atoms. The molecule has 0 amide bonds. The number of rotatable bonds is 3. The Labute approximate surface area is 113 Å². The molecule has 0 aliphatic heterocycles. The van der Waals surface area contributed by atoms with Gasteiger partial charge in [0.1, 0.15) is 11.5 Å². The zero-order chi connectivity index (χ0) is 13.4. The molecule has 1 aromatic carbocycles. The number of methoxy groups -OCH3 is 2. The maximum Gasteiger partial charge on any atom is 0.214 e. The van der Waals surface area contributed by atoms with Gasteiger partial charge < -0.3 is 15.2 Å². The van der Waals surface area contributed by atoms with Gasteiger partial charge in [0, 0.05) is 5.56 Å². The Bertz CT molecular complexity index is 703. The molecule has 0 radical (unpaired) electrons. The average Bonchev–Trinajstić information content (AvgIpc) is 2.95. The maximum absolute atomic E-state index is 5.63. The number of nitrogen functional groups attached to an aromatic ring is 1. The number of aromatic nitrogens is 3. The molecule has 0 atom stereocenters. The summed E-state index contributed by atoms with van der Waals surface area (Å²) in [6, 6.07) is 5.58. The van der Waals surface area contributed by atoms with Crippen molar-refractivity contribution in [1.29, 1.82) is 0 Å². The summed E-state index contributed by atoms with van der Waals surface area (Å²) in [5, 5.41) is 4.63. The molecule has 0 saturated heterocycles. The highest BCUT2D eigenvalue weighted by molar-refractivity contribution is 7.20. The molecular weight excluding hydrogens is 264 g/mol. The van der Waals surface area contributed by atoms with Gasteiger partial charge in [0.25, 0.3) is 0 Å². The molecule has 0 unspecified atom stereocenters. The number of anilines is 1. The van der Waals surface area contributed by atoms with Gasteiger partial charge >= 0.3 is 0 Å². The Morgan fingerprint density at radius 1 is 1.26 bits per heavy atom. The van der Waals surface area contributed by atoms with Crippen LogP contribution in [0.15, 0.2) is 24.4 Å². The minimum absolute atomic E-state index is 0.492. The van der Waals surface area contributed by atoms with E-state index in [0.29, 0.717) is 5.13 Å². The molecule has 0 bridgehead atoms. The molecule has 0 aliphatic rings. The second kappa shape index (κ2) is 4.43. The van der Waals surface area contributed by atoms with Crippen LogP contribution in [0.3, 0.4) is 0 Å². The van der Waals surface area contributed by atoms with Gasteiger partial charge in [-0.3, -0.25) is 0 Å². The number of benzene rings is 1. The summed E-state index contributed by atoms with van der Waals surface area (Å²) in [4.78, 5) is 5.24. The van der Waals surface area contributed by atoms with Crippen molar-refractivity contribution in [1.82, 2.24) is 14.6 Å². The second-order valence-electron chi connectivity index (χ2n) is 3.86. The van der Waals surface area contributed by atoms with E-state index in [1.165, 1.54) is 11.3 Å². The zero-order valence-corrected chi connectivity index (χ0v) is 11.3. The number of imidazole rings is 1. The second-order valence-corrected chi connectivity index (χ2v) is 4.85. The first-order valence-corrected chi connectivity index (χ1v) is 6.37. The predicted molar refractivity (Wildman–Crippen MR) is 73.8 cm³/mol. The standard InChI is InChI=1S/C12H12N4O2S/c1-17-7-3-4-10(18-2)8(5-7)9-6-16-12(14-9)19-11(13)15-16/h3-6H,1-2H3,(H2,13,15).